The van der Waals surface area contributed by atoms with E-state index in [1.807, 2.05) is 0 Å². The van der Waals surface area contributed by atoms with E-state index in [4.69, 9.17) is 11.6 Å². The third-order valence-corrected chi connectivity index (χ3v) is 4.17. The highest BCUT2D eigenvalue weighted by molar-refractivity contribution is 7.89. The zero-order valence-electron chi connectivity index (χ0n) is 10.9. The van der Waals surface area contributed by atoms with Gasteiger partial charge < -0.3 is 5.32 Å². The second-order valence-electron chi connectivity index (χ2n) is 4.60. The minimum atomic E-state index is -3.70. The number of nitrogens with zero attached hydrogens (tertiary/aromatic N) is 1. The van der Waals surface area contributed by atoms with E-state index in [1.165, 1.54) is 19.2 Å². The van der Waals surface area contributed by atoms with Crippen LogP contribution in [0.2, 0.25) is 5.15 Å². The van der Waals surface area contributed by atoms with Gasteiger partial charge in [0, 0.05) is 19.8 Å². The maximum Gasteiger partial charge on any atom is 0.242 e. The fourth-order valence-corrected chi connectivity index (χ4v) is 2.57. The van der Waals surface area contributed by atoms with Crippen molar-refractivity contribution in [3.05, 3.63) is 23.5 Å². The summed E-state index contributed by atoms with van der Waals surface area (Å²) in [5.41, 5.74) is -0.846. The standard InChI is InChI=1S/C11H16ClN3O3S/c1-11(2,10(16)13-3)7-15-19(17,18)8-4-5-9(12)14-6-8/h4-6,15H,7H2,1-3H3,(H,13,16). The summed E-state index contributed by atoms with van der Waals surface area (Å²) in [6.07, 6.45) is 1.16. The van der Waals surface area contributed by atoms with Crippen LogP contribution in [-0.2, 0) is 14.8 Å². The summed E-state index contributed by atoms with van der Waals surface area (Å²) in [6, 6.07) is 2.74. The highest BCUT2D eigenvalue weighted by atomic mass is 35.5. The zero-order chi connectivity index (χ0) is 14.7. The number of carbonyl (C=O) groups is 1. The lowest BCUT2D eigenvalue weighted by Crippen LogP contribution is -2.43. The van der Waals surface area contributed by atoms with Crippen LogP contribution in [0.25, 0.3) is 0 Å². The normalized spacial score (nSPS) is 12.2. The first kappa shape index (κ1) is 15.9. The molecule has 8 heteroatoms. The van der Waals surface area contributed by atoms with Gasteiger partial charge in [-0.25, -0.2) is 18.1 Å². The van der Waals surface area contributed by atoms with Crippen molar-refractivity contribution in [1.82, 2.24) is 15.0 Å². The predicted molar refractivity (Wildman–Crippen MR) is 72.3 cm³/mol. The lowest BCUT2D eigenvalue weighted by atomic mass is 9.93. The van der Waals surface area contributed by atoms with Gasteiger partial charge in [-0.05, 0) is 26.0 Å². The molecule has 0 radical (unpaired) electrons. The van der Waals surface area contributed by atoms with Gasteiger partial charge in [-0.2, -0.15) is 0 Å². The van der Waals surface area contributed by atoms with E-state index in [-0.39, 0.29) is 22.5 Å². The molecule has 0 atom stereocenters. The number of hydrogen-bond acceptors (Lipinski definition) is 4. The Kier molecular flexibility index (Phi) is 4.89. The second-order valence-corrected chi connectivity index (χ2v) is 6.76. The van der Waals surface area contributed by atoms with Crippen LogP contribution in [0, 0.1) is 5.41 Å². The summed E-state index contributed by atoms with van der Waals surface area (Å²) in [6.45, 7) is 3.28. The molecule has 1 aromatic heterocycles. The van der Waals surface area contributed by atoms with Crippen LogP contribution in [0.1, 0.15) is 13.8 Å². The quantitative estimate of drug-likeness (QED) is 0.787. The molecule has 0 bridgehead atoms. The number of carbonyl (C=O) groups excluding carboxylic acids is 1. The fraction of sp³-hybridized carbons (Fsp3) is 0.455. The van der Waals surface area contributed by atoms with Crippen LogP contribution < -0.4 is 10.0 Å². The Morgan fingerprint density at radius 2 is 2.05 bits per heavy atom. The SMILES string of the molecule is CNC(=O)C(C)(C)CNS(=O)(=O)c1ccc(Cl)nc1. The molecule has 0 fully saturated rings. The number of pyridine rings is 1. The summed E-state index contributed by atoms with van der Waals surface area (Å²) in [5, 5.41) is 2.70. The molecule has 0 aromatic carbocycles. The minimum absolute atomic E-state index is 0.00427. The third kappa shape index (κ3) is 4.15. The first-order valence-electron chi connectivity index (χ1n) is 5.52. The van der Waals surface area contributed by atoms with E-state index in [0.29, 0.717) is 0 Å². The molecule has 1 aromatic rings. The molecule has 1 amide bonds. The Bertz CT molecular complexity index is 555. The van der Waals surface area contributed by atoms with Crippen molar-refractivity contribution in [3.63, 3.8) is 0 Å². The Morgan fingerprint density at radius 3 is 2.53 bits per heavy atom. The number of amides is 1. The highest BCUT2D eigenvalue weighted by Crippen LogP contribution is 2.16. The van der Waals surface area contributed by atoms with E-state index in [2.05, 4.69) is 15.0 Å². The van der Waals surface area contributed by atoms with Crippen molar-refractivity contribution in [2.24, 2.45) is 5.41 Å². The van der Waals surface area contributed by atoms with Crippen LogP contribution in [0.3, 0.4) is 0 Å². The van der Waals surface area contributed by atoms with Gasteiger partial charge in [-0.15, -0.1) is 0 Å². The van der Waals surface area contributed by atoms with Gasteiger partial charge >= 0.3 is 0 Å². The lowest BCUT2D eigenvalue weighted by molar-refractivity contribution is -0.128. The molecule has 1 heterocycles. The number of rotatable bonds is 5. The summed E-state index contributed by atoms with van der Waals surface area (Å²) in [7, 11) is -2.20. The number of hydrogen-bond donors (Lipinski definition) is 2. The van der Waals surface area contributed by atoms with Gasteiger partial charge in [0.05, 0.1) is 5.41 Å². The first-order valence-corrected chi connectivity index (χ1v) is 7.38. The maximum absolute atomic E-state index is 12.0. The maximum atomic E-state index is 12.0. The number of halogens is 1. The largest absolute Gasteiger partial charge is 0.359 e. The monoisotopic (exact) mass is 305 g/mol. The van der Waals surface area contributed by atoms with E-state index in [1.54, 1.807) is 13.8 Å². The molecule has 6 nitrogen and oxygen atoms in total. The molecule has 0 spiro atoms. The Hall–Kier alpha value is -1.18. The molecular weight excluding hydrogens is 290 g/mol. The van der Waals surface area contributed by atoms with Crippen molar-refractivity contribution in [3.8, 4) is 0 Å². The van der Waals surface area contributed by atoms with E-state index in [0.717, 1.165) is 6.20 Å². The van der Waals surface area contributed by atoms with Gasteiger partial charge in [0.15, 0.2) is 0 Å². The summed E-state index contributed by atoms with van der Waals surface area (Å²) in [4.78, 5) is 15.3. The number of nitrogens with one attached hydrogen (secondary N) is 2. The Balaban J connectivity index is 2.82. The third-order valence-electron chi connectivity index (χ3n) is 2.56. The molecule has 0 saturated heterocycles. The van der Waals surface area contributed by atoms with Gasteiger partial charge in [0.2, 0.25) is 15.9 Å². The van der Waals surface area contributed by atoms with Crippen molar-refractivity contribution in [1.29, 1.82) is 0 Å². The van der Waals surface area contributed by atoms with Crippen LogP contribution in [0.5, 0.6) is 0 Å². The minimum Gasteiger partial charge on any atom is -0.359 e. The van der Waals surface area contributed by atoms with Crippen LogP contribution in [-0.4, -0.2) is 32.9 Å². The fourth-order valence-electron chi connectivity index (χ4n) is 1.30. The van der Waals surface area contributed by atoms with Crippen molar-refractivity contribution in [2.45, 2.75) is 18.7 Å². The average molecular weight is 306 g/mol. The molecule has 19 heavy (non-hydrogen) atoms. The summed E-state index contributed by atoms with van der Waals surface area (Å²) in [5.74, 6) is -0.246. The molecule has 106 valence electrons. The summed E-state index contributed by atoms with van der Waals surface area (Å²) < 4.78 is 26.3. The van der Waals surface area contributed by atoms with Crippen molar-refractivity contribution < 1.29 is 13.2 Å². The highest BCUT2D eigenvalue weighted by Gasteiger charge is 2.28. The molecule has 2 N–H and O–H groups in total. The molecule has 0 aliphatic rings. The van der Waals surface area contributed by atoms with Gasteiger partial charge in [0.25, 0.3) is 0 Å². The average Bonchev–Trinajstić information content (AvgIpc) is 2.36. The lowest BCUT2D eigenvalue weighted by Gasteiger charge is -2.22. The Labute approximate surface area is 117 Å². The Morgan fingerprint density at radius 1 is 1.42 bits per heavy atom. The topological polar surface area (TPSA) is 88.2 Å². The van der Waals surface area contributed by atoms with Gasteiger partial charge in [0.1, 0.15) is 10.0 Å². The van der Waals surface area contributed by atoms with Crippen molar-refractivity contribution in [2.75, 3.05) is 13.6 Å². The van der Waals surface area contributed by atoms with E-state index in [9.17, 15) is 13.2 Å². The van der Waals surface area contributed by atoms with Crippen LogP contribution >= 0.6 is 11.6 Å². The smallest absolute Gasteiger partial charge is 0.242 e. The van der Waals surface area contributed by atoms with Gasteiger partial charge in [-0.3, -0.25) is 4.79 Å². The molecule has 0 saturated carbocycles. The summed E-state index contributed by atoms with van der Waals surface area (Å²) >= 11 is 5.59. The van der Waals surface area contributed by atoms with Crippen molar-refractivity contribution >= 4 is 27.5 Å². The van der Waals surface area contributed by atoms with Gasteiger partial charge in [-0.1, -0.05) is 11.6 Å². The molecular formula is C11H16ClN3O3S. The molecule has 0 unspecified atom stereocenters. The number of sulfonamides is 1. The number of aromatic nitrogens is 1. The molecule has 0 aliphatic heterocycles. The predicted octanol–water partition coefficient (Wildman–Crippen LogP) is 0.785. The van der Waals surface area contributed by atoms with E-state index < -0.39 is 15.4 Å². The second kappa shape index (κ2) is 5.85. The first-order chi connectivity index (χ1) is 8.69. The zero-order valence-corrected chi connectivity index (χ0v) is 12.5. The molecule has 0 aliphatic carbocycles. The van der Waals surface area contributed by atoms with Crippen LogP contribution in [0.4, 0.5) is 0 Å². The molecule has 1 rings (SSSR count). The van der Waals surface area contributed by atoms with E-state index >= 15 is 0 Å². The van der Waals surface area contributed by atoms with Crippen LogP contribution in [0.15, 0.2) is 23.2 Å².